The Morgan fingerprint density at radius 1 is 1.00 bits per heavy atom. The van der Waals surface area contributed by atoms with Gasteiger partial charge in [0.15, 0.2) is 0 Å². The average Bonchev–Trinajstić information content (AvgIpc) is 2.94. The Morgan fingerprint density at radius 2 is 1.68 bits per heavy atom. The number of phenolic OH excluding ortho intramolecular Hbond substituents is 1. The molecule has 0 saturated heterocycles. The third-order valence-electron chi connectivity index (χ3n) is 5.65. The van der Waals surface area contributed by atoms with Crippen molar-refractivity contribution >= 4 is 23.4 Å². The summed E-state index contributed by atoms with van der Waals surface area (Å²) in [6, 6.07) is 13.3. The second-order valence-electron chi connectivity index (χ2n) is 7.46. The van der Waals surface area contributed by atoms with E-state index in [0.717, 1.165) is 25.7 Å². The van der Waals surface area contributed by atoms with Crippen LogP contribution in [0.1, 0.15) is 46.4 Å². The van der Waals surface area contributed by atoms with E-state index in [1.807, 2.05) is 0 Å². The highest BCUT2D eigenvalue weighted by atomic mass is 16.3. The second-order valence-corrected chi connectivity index (χ2v) is 7.46. The number of carbonyl (C=O) groups excluding carboxylic acids is 3. The standard InChI is InChI=1S/C22H22N2O4/c25-16-8-5-7-15(12-16)23-20(26)17-9-2-1-6-14(17)13-24-21(27)18-10-3-4-11-19(18)22(24)28/h3-5,7-8,10-12,14,17,25H,1-2,6,9,13H2,(H,23,26). The highest BCUT2D eigenvalue weighted by Gasteiger charge is 2.40. The molecule has 2 unspecified atom stereocenters. The lowest BCUT2D eigenvalue weighted by molar-refractivity contribution is -0.122. The van der Waals surface area contributed by atoms with Gasteiger partial charge >= 0.3 is 0 Å². The number of benzene rings is 2. The number of phenols is 1. The number of rotatable bonds is 4. The lowest BCUT2D eigenvalue weighted by Gasteiger charge is -2.32. The molecule has 0 radical (unpaired) electrons. The van der Waals surface area contributed by atoms with Gasteiger partial charge in [-0.2, -0.15) is 0 Å². The van der Waals surface area contributed by atoms with E-state index in [1.54, 1.807) is 42.5 Å². The summed E-state index contributed by atoms with van der Waals surface area (Å²) < 4.78 is 0. The first kappa shape index (κ1) is 18.2. The molecule has 6 heteroatoms. The summed E-state index contributed by atoms with van der Waals surface area (Å²) >= 11 is 0. The third kappa shape index (κ3) is 3.38. The first-order valence-corrected chi connectivity index (χ1v) is 9.59. The summed E-state index contributed by atoms with van der Waals surface area (Å²) in [5.41, 5.74) is 1.41. The van der Waals surface area contributed by atoms with E-state index < -0.39 is 0 Å². The molecule has 6 nitrogen and oxygen atoms in total. The molecule has 1 heterocycles. The fourth-order valence-corrected chi connectivity index (χ4v) is 4.23. The first-order chi connectivity index (χ1) is 13.5. The van der Waals surface area contributed by atoms with Crippen molar-refractivity contribution in [2.24, 2.45) is 11.8 Å². The second kappa shape index (κ2) is 7.46. The summed E-state index contributed by atoms with van der Waals surface area (Å²) in [6.07, 6.45) is 3.44. The molecule has 1 fully saturated rings. The van der Waals surface area contributed by atoms with Gasteiger partial charge in [0.05, 0.1) is 11.1 Å². The van der Waals surface area contributed by atoms with Crippen molar-refractivity contribution in [3.05, 3.63) is 59.7 Å². The molecule has 3 amide bonds. The molecule has 2 aromatic rings. The number of aromatic hydroxyl groups is 1. The van der Waals surface area contributed by atoms with Gasteiger partial charge in [0.2, 0.25) is 5.91 Å². The van der Waals surface area contributed by atoms with E-state index >= 15 is 0 Å². The van der Waals surface area contributed by atoms with Gasteiger partial charge in [-0.3, -0.25) is 19.3 Å². The zero-order chi connectivity index (χ0) is 19.7. The van der Waals surface area contributed by atoms with Crippen molar-refractivity contribution in [1.82, 2.24) is 4.90 Å². The third-order valence-corrected chi connectivity index (χ3v) is 5.65. The van der Waals surface area contributed by atoms with Gasteiger partial charge in [0, 0.05) is 24.2 Å². The van der Waals surface area contributed by atoms with Crippen LogP contribution >= 0.6 is 0 Å². The normalized spacial score (nSPS) is 21.5. The predicted molar refractivity (Wildman–Crippen MR) is 104 cm³/mol. The van der Waals surface area contributed by atoms with E-state index in [0.29, 0.717) is 16.8 Å². The molecule has 1 aliphatic heterocycles. The molecule has 28 heavy (non-hydrogen) atoms. The maximum atomic E-state index is 12.9. The van der Waals surface area contributed by atoms with Crippen LogP contribution in [0.2, 0.25) is 0 Å². The van der Waals surface area contributed by atoms with Crippen LogP contribution in [0.5, 0.6) is 5.75 Å². The number of anilines is 1. The van der Waals surface area contributed by atoms with E-state index in [4.69, 9.17) is 0 Å². The van der Waals surface area contributed by atoms with Crippen LogP contribution in [0.15, 0.2) is 48.5 Å². The van der Waals surface area contributed by atoms with E-state index in [9.17, 15) is 19.5 Å². The lowest BCUT2D eigenvalue weighted by Crippen LogP contribution is -2.41. The Hall–Kier alpha value is -3.15. The molecular formula is C22H22N2O4. The Bertz CT molecular complexity index is 905. The van der Waals surface area contributed by atoms with Crippen LogP contribution in [-0.4, -0.2) is 34.3 Å². The number of hydrogen-bond donors (Lipinski definition) is 2. The minimum Gasteiger partial charge on any atom is -0.508 e. The fraction of sp³-hybridized carbons (Fsp3) is 0.318. The molecular weight excluding hydrogens is 356 g/mol. The van der Waals surface area contributed by atoms with E-state index in [2.05, 4.69) is 5.32 Å². The maximum absolute atomic E-state index is 12.9. The number of hydrogen-bond acceptors (Lipinski definition) is 4. The molecule has 2 atom stereocenters. The van der Waals surface area contributed by atoms with Gasteiger partial charge in [0.1, 0.15) is 5.75 Å². The van der Waals surface area contributed by atoms with Crippen molar-refractivity contribution in [2.75, 3.05) is 11.9 Å². The molecule has 1 aliphatic carbocycles. The van der Waals surface area contributed by atoms with Crippen LogP contribution in [0.3, 0.4) is 0 Å². The number of nitrogens with zero attached hydrogens (tertiary/aromatic N) is 1. The van der Waals surface area contributed by atoms with E-state index in [1.165, 1.54) is 11.0 Å². The van der Waals surface area contributed by atoms with Crippen molar-refractivity contribution in [2.45, 2.75) is 25.7 Å². The SMILES string of the molecule is O=C(Nc1cccc(O)c1)C1CCCCC1CN1C(=O)c2ccccc2C1=O. The predicted octanol–water partition coefficient (Wildman–Crippen LogP) is 3.43. The Morgan fingerprint density at radius 3 is 2.36 bits per heavy atom. The first-order valence-electron chi connectivity index (χ1n) is 9.59. The number of imide groups is 1. The molecule has 0 spiro atoms. The summed E-state index contributed by atoms with van der Waals surface area (Å²) in [6.45, 7) is 0.254. The van der Waals surface area contributed by atoms with Crippen LogP contribution in [0.25, 0.3) is 0 Å². The molecule has 2 aromatic carbocycles. The van der Waals surface area contributed by atoms with Crippen LogP contribution < -0.4 is 5.32 Å². The highest BCUT2D eigenvalue weighted by Crippen LogP contribution is 2.34. The number of amides is 3. The topological polar surface area (TPSA) is 86.7 Å². The summed E-state index contributed by atoms with van der Waals surface area (Å²) in [7, 11) is 0. The van der Waals surface area contributed by atoms with Gasteiger partial charge < -0.3 is 10.4 Å². The van der Waals surface area contributed by atoms with E-state index in [-0.39, 0.29) is 41.9 Å². The molecule has 0 aromatic heterocycles. The largest absolute Gasteiger partial charge is 0.508 e. The van der Waals surface area contributed by atoms with Crippen molar-refractivity contribution in [3.8, 4) is 5.75 Å². The highest BCUT2D eigenvalue weighted by molar-refractivity contribution is 6.21. The van der Waals surface area contributed by atoms with Crippen LogP contribution in [0.4, 0.5) is 5.69 Å². The number of fused-ring (bicyclic) bond motifs is 1. The Kier molecular flexibility index (Phi) is 4.86. The van der Waals surface area contributed by atoms with Crippen LogP contribution in [0, 0.1) is 11.8 Å². The lowest BCUT2D eigenvalue weighted by atomic mass is 9.78. The summed E-state index contributed by atoms with van der Waals surface area (Å²) in [5, 5.41) is 12.4. The average molecular weight is 378 g/mol. The Labute approximate surface area is 163 Å². The van der Waals surface area contributed by atoms with Crippen molar-refractivity contribution < 1.29 is 19.5 Å². The van der Waals surface area contributed by atoms with Crippen molar-refractivity contribution in [1.29, 1.82) is 0 Å². The zero-order valence-electron chi connectivity index (χ0n) is 15.4. The molecule has 2 N–H and O–H groups in total. The van der Waals surface area contributed by atoms with Crippen molar-refractivity contribution in [3.63, 3.8) is 0 Å². The van der Waals surface area contributed by atoms with Gasteiger partial charge in [-0.25, -0.2) is 0 Å². The fourth-order valence-electron chi connectivity index (χ4n) is 4.23. The quantitative estimate of drug-likeness (QED) is 0.798. The molecule has 144 valence electrons. The molecule has 1 saturated carbocycles. The number of nitrogens with one attached hydrogen (secondary N) is 1. The zero-order valence-corrected chi connectivity index (χ0v) is 15.4. The molecule has 2 aliphatic rings. The molecule has 4 rings (SSSR count). The monoisotopic (exact) mass is 378 g/mol. The summed E-state index contributed by atoms with van der Waals surface area (Å²) in [5.74, 6) is -0.957. The van der Waals surface area contributed by atoms with Gasteiger partial charge in [0.25, 0.3) is 11.8 Å². The summed E-state index contributed by atoms with van der Waals surface area (Å²) in [4.78, 5) is 39.5. The van der Waals surface area contributed by atoms with Gasteiger partial charge in [-0.15, -0.1) is 0 Å². The Balaban J connectivity index is 1.49. The maximum Gasteiger partial charge on any atom is 0.261 e. The minimum atomic E-state index is -0.279. The van der Waals surface area contributed by atoms with Crippen LogP contribution in [-0.2, 0) is 4.79 Å². The van der Waals surface area contributed by atoms with Gasteiger partial charge in [-0.05, 0) is 43.0 Å². The smallest absolute Gasteiger partial charge is 0.261 e. The minimum absolute atomic E-state index is 0.0757. The van der Waals surface area contributed by atoms with Gasteiger partial charge in [-0.1, -0.05) is 31.0 Å². The molecule has 0 bridgehead atoms. The number of carbonyl (C=O) groups is 3.